The monoisotopic (exact) mass is 385 g/mol. The Labute approximate surface area is 152 Å². The van der Waals surface area contributed by atoms with Gasteiger partial charge in [0.15, 0.2) is 24.3 Å². The smallest absolute Gasteiger partial charge is 0.431 e. The molecule has 5 atom stereocenters. The highest BCUT2D eigenvalue weighted by atomic mass is 16.8. The van der Waals surface area contributed by atoms with E-state index in [0.717, 1.165) is 4.57 Å². The van der Waals surface area contributed by atoms with Gasteiger partial charge in [0.05, 0.1) is 0 Å². The molecule has 0 unspecified atom stereocenters. The number of ether oxygens (including phenoxy) is 5. The van der Waals surface area contributed by atoms with Crippen LogP contribution in [0.4, 0.5) is 15.4 Å². The third-order valence-electron chi connectivity index (χ3n) is 4.21. The first-order chi connectivity index (χ1) is 12.9. The second-order valence-electron chi connectivity index (χ2n) is 5.99. The summed E-state index contributed by atoms with van der Waals surface area (Å²) in [7, 11) is 0. The lowest BCUT2D eigenvalue weighted by molar-refractivity contribution is -0.0822. The molecule has 3 heterocycles. The van der Waals surface area contributed by atoms with Crippen molar-refractivity contribution in [2.75, 3.05) is 12.1 Å². The molecule has 0 spiro atoms. The molecule has 0 amide bonds. The summed E-state index contributed by atoms with van der Waals surface area (Å²) in [6.07, 6.45) is -3.87. The number of hydrogen-bond donors (Lipinski definition) is 2. The maximum atomic E-state index is 12.1. The van der Waals surface area contributed by atoms with Crippen LogP contribution in [-0.2, 0) is 23.7 Å². The van der Waals surface area contributed by atoms with Gasteiger partial charge in [-0.25, -0.2) is 14.4 Å². The zero-order valence-electron chi connectivity index (χ0n) is 14.6. The van der Waals surface area contributed by atoms with Gasteiger partial charge in [-0.3, -0.25) is 15.3 Å². The molecule has 0 radical (unpaired) electrons. The lowest BCUT2D eigenvalue weighted by atomic mass is 10.1. The molecular formula is C15H19N3O9. The Kier molecular flexibility index (Phi) is 5.46. The van der Waals surface area contributed by atoms with Gasteiger partial charge >= 0.3 is 18.0 Å². The number of aromatic nitrogens is 2. The quantitative estimate of drug-likeness (QED) is 0.529. The Morgan fingerprint density at radius 2 is 2.15 bits per heavy atom. The summed E-state index contributed by atoms with van der Waals surface area (Å²) in [5, 5.41) is 8.81. The van der Waals surface area contributed by atoms with Crippen LogP contribution >= 0.6 is 0 Å². The standard InChI is InChI=1S/C15H19N3O9/c1-3-7(2)24-14(20)23-6-8-10-11(27-15(21)26-10)12(25-8)18-5-4-9(17-22)16-13(18)19/h4-5,7-8,10-12,22H,3,6H2,1-2H3,(H,16,17,19)/t7-,8+,10+,11+,12+/m0/s1. The molecule has 0 bridgehead atoms. The summed E-state index contributed by atoms with van der Waals surface area (Å²) in [5.41, 5.74) is 1.00. The zero-order chi connectivity index (χ0) is 19.6. The first-order valence-corrected chi connectivity index (χ1v) is 8.28. The predicted molar refractivity (Wildman–Crippen MR) is 85.1 cm³/mol. The molecular weight excluding hydrogens is 366 g/mol. The van der Waals surface area contributed by atoms with Crippen LogP contribution in [0.2, 0.25) is 0 Å². The Bertz CT molecular complexity index is 767. The number of nitrogens with zero attached hydrogens (tertiary/aromatic N) is 2. The fourth-order valence-corrected chi connectivity index (χ4v) is 2.68. The van der Waals surface area contributed by atoms with Gasteiger partial charge in [-0.1, -0.05) is 6.92 Å². The van der Waals surface area contributed by atoms with Crippen molar-refractivity contribution < 1.29 is 38.5 Å². The van der Waals surface area contributed by atoms with Crippen molar-refractivity contribution in [1.82, 2.24) is 9.55 Å². The summed E-state index contributed by atoms with van der Waals surface area (Å²) in [6, 6.07) is 1.32. The fraction of sp³-hybridized carbons (Fsp3) is 0.600. The first kappa shape index (κ1) is 18.9. The molecule has 12 heteroatoms. The second kappa shape index (κ2) is 7.80. The van der Waals surface area contributed by atoms with Gasteiger partial charge in [-0.2, -0.15) is 4.98 Å². The zero-order valence-corrected chi connectivity index (χ0v) is 14.6. The third kappa shape index (κ3) is 3.95. The molecule has 2 saturated heterocycles. The third-order valence-corrected chi connectivity index (χ3v) is 4.21. The van der Waals surface area contributed by atoms with Gasteiger partial charge in [-0.15, -0.1) is 0 Å². The van der Waals surface area contributed by atoms with Gasteiger partial charge < -0.3 is 23.7 Å². The van der Waals surface area contributed by atoms with Gasteiger partial charge in [0.1, 0.15) is 18.8 Å². The molecule has 0 saturated carbocycles. The van der Waals surface area contributed by atoms with Crippen LogP contribution in [0.15, 0.2) is 17.1 Å². The number of anilines is 1. The SMILES string of the molecule is CC[C@H](C)OC(=O)OC[C@H]1O[C@@H](n2ccc(NO)nc2=O)[C@@H]2OC(=O)O[C@@H]21. The maximum Gasteiger partial charge on any atom is 0.509 e. The highest BCUT2D eigenvalue weighted by molar-refractivity contribution is 5.63. The number of carbonyl (C=O) groups excluding carboxylic acids is 2. The predicted octanol–water partition coefficient (Wildman–Crippen LogP) is 0.797. The van der Waals surface area contributed by atoms with Crippen LogP contribution in [0.5, 0.6) is 0 Å². The summed E-state index contributed by atoms with van der Waals surface area (Å²) in [4.78, 5) is 38.9. The van der Waals surface area contributed by atoms with Gasteiger partial charge in [-0.05, 0) is 19.4 Å². The van der Waals surface area contributed by atoms with Crippen molar-refractivity contribution in [2.45, 2.75) is 50.9 Å². The lowest BCUT2D eigenvalue weighted by Crippen LogP contribution is -2.34. The van der Waals surface area contributed by atoms with Crippen molar-refractivity contribution in [3.8, 4) is 0 Å². The van der Waals surface area contributed by atoms with Gasteiger partial charge in [0.2, 0.25) is 0 Å². The summed E-state index contributed by atoms with van der Waals surface area (Å²) >= 11 is 0. The number of carbonyl (C=O) groups is 2. The molecule has 2 aliphatic heterocycles. The molecule has 2 fully saturated rings. The normalized spacial score (nSPS) is 27.3. The van der Waals surface area contributed by atoms with E-state index in [1.54, 1.807) is 12.4 Å². The van der Waals surface area contributed by atoms with Crippen LogP contribution in [0, 0.1) is 0 Å². The second-order valence-corrected chi connectivity index (χ2v) is 5.99. The Morgan fingerprint density at radius 1 is 1.41 bits per heavy atom. The van der Waals surface area contributed by atoms with Crippen LogP contribution in [0.1, 0.15) is 26.5 Å². The highest BCUT2D eigenvalue weighted by Gasteiger charge is 2.55. The largest absolute Gasteiger partial charge is 0.509 e. The fourth-order valence-electron chi connectivity index (χ4n) is 2.68. The molecule has 1 aromatic heterocycles. The van der Waals surface area contributed by atoms with Crippen molar-refractivity contribution in [2.24, 2.45) is 0 Å². The van der Waals surface area contributed by atoms with E-state index in [2.05, 4.69) is 4.98 Å². The lowest BCUT2D eigenvalue weighted by Gasteiger charge is -2.18. The van der Waals surface area contributed by atoms with Crippen molar-refractivity contribution in [3.63, 3.8) is 0 Å². The van der Waals surface area contributed by atoms with E-state index in [1.165, 1.54) is 12.3 Å². The Balaban J connectivity index is 1.72. The number of rotatable bonds is 6. The topological polar surface area (TPSA) is 147 Å². The van der Waals surface area contributed by atoms with Crippen molar-refractivity contribution in [1.29, 1.82) is 0 Å². The van der Waals surface area contributed by atoms with Crippen molar-refractivity contribution >= 4 is 18.1 Å². The summed E-state index contributed by atoms with van der Waals surface area (Å²) in [6.45, 7) is 3.31. The summed E-state index contributed by atoms with van der Waals surface area (Å²) in [5.74, 6) is -0.0573. The molecule has 12 nitrogen and oxygen atoms in total. The molecule has 0 aliphatic carbocycles. The molecule has 2 aliphatic rings. The minimum Gasteiger partial charge on any atom is -0.431 e. The average Bonchev–Trinajstić information content (AvgIpc) is 3.17. The van der Waals surface area contributed by atoms with E-state index >= 15 is 0 Å². The number of fused-ring (bicyclic) bond motifs is 1. The van der Waals surface area contributed by atoms with E-state index in [0.29, 0.717) is 6.42 Å². The van der Waals surface area contributed by atoms with Crippen molar-refractivity contribution in [3.05, 3.63) is 22.7 Å². The molecule has 0 aromatic carbocycles. The van der Waals surface area contributed by atoms with Gasteiger partial charge in [0, 0.05) is 6.20 Å². The molecule has 3 rings (SSSR count). The van der Waals surface area contributed by atoms with Crippen LogP contribution < -0.4 is 11.2 Å². The maximum absolute atomic E-state index is 12.1. The van der Waals surface area contributed by atoms with E-state index < -0.39 is 42.5 Å². The molecule has 1 aromatic rings. The Hall–Kier alpha value is -2.86. The summed E-state index contributed by atoms with van der Waals surface area (Å²) < 4.78 is 26.9. The van der Waals surface area contributed by atoms with E-state index in [9.17, 15) is 14.4 Å². The number of nitrogens with one attached hydrogen (secondary N) is 1. The Morgan fingerprint density at radius 3 is 2.81 bits per heavy atom. The van der Waals surface area contributed by atoms with Crippen LogP contribution in [0.3, 0.4) is 0 Å². The van der Waals surface area contributed by atoms with Crippen LogP contribution in [0.25, 0.3) is 0 Å². The van der Waals surface area contributed by atoms with E-state index in [4.69, 9.17) is 28.9 Å². The molecule has 148 valence electrons. The van der Waals surface area contributed by atoms with Gasteiger partial charge in [0.25, 0.3) is 0 Å². The minimum atomic E-state index is -1.03. The van der Waals surface area contributed by atoms with Crippen LogP contribution in [-0.4, -0.2) is 58.1 Å². The minimum absolute atomic E-state index is 0.0573. The first-order valence-electron chi connectivity index (χ1n) is 8.28. The van der Waals surface area contributed by atoms with E-state index in [-0.39, 0.29) is 18.5 Å². The molecule has 27 heavy (non-hydrogen) atoms. The number of hydrogen-bond acceptors (Lipinski definition) is 11. The average molecular weight is 385 g/mol. The molecule has 2 N–H and O–H groups in total. The highest BCUT2D eigenvalue weighted by Crippen LogP contribution is 2.37. The van der Waals surface area contributed by atoms with E-state index in [1.807, 2.05) is 6.92 Å².